The van der Waals surface area contributed by atoms with Crippen LogP contribution in [0.4, 0.5) is 4.79 Å². The number of carbonyl (C=O) groups is 2. The van der Waals surface area contributed by atoms with Crippen molar-refractivity contribution in [2.75, 3.05) is 13.7 Å². The molecule has 0 bridgehead atoms. The van der Waals surface area contributed by atoms with Gasteiger partial charge < -0.3 is 9.47 Å². The second-order valence-electron chi connectivity index (χ2n) is 10.8. The van der Waals surface area contributed by atoms with E-state index in [0.29, 0.717) is 43.7 Å². The number of methoxy groups -OCH3 is 1. The number of ether oxygens (including phenoxy) is 2. The number of hydrogen-bond donors (Lipinski definition) is 0. The average Bonchev–Trinajstić information content (AvgIpc) is 3.40. The molecule has 0 saturated carbocycles. The molecule has 194 valence electrons. The first kappa shape index (κ1) is 27.3. The van der Waals surface area contributed by atoms with Crippen LogP contribution in [0, 0.1) is 12.3 Å². The van der Waals surface area contributed by atoms with Gasteiger partial charge in [0, 0.05) is 18.3 Å². The Labute approximate surface area is 213 Å². The van der Waals surface area contributed by atoms with Crippen LogP contribution in [0.25, 0.3) is 10.4 Å². The Kier molecular flexibility index (Phi) is 8.48. The standard InChI is InChI=1S/C27H37N5O4/c1-19-10-12-20(13-11-19)8-7-9-23(33)22-15-14-21(32(22)30-29-28)16-17-27(5)18-36-24(26(2,3)4)31(27)25(34)35-6/h10-15,24H,7-9,16-18H2,1-6H3/t24-,27-/m1/s1. The van der Waals surface area contributed by atoms with Crippen molar-refractivity contribution < 1.29 is 19.1 Å². The first-order chi connectivity index (χ1) is 17.0. The molecule has 1 amide bonds. The van der Waals surface area contributed by atoms with E-state index in [9.17, 15) is 9.59 Å². The maximum Gasteiger partial charge on any atom is 0.412 e. The Hall–Kier alpha value is -3.29. The van der Waals surface area contributed by atoms with Gasteiger partial charge in [-0.25, -0.2) is 4.79 Å². The number of hydrogen-bond acceptors (Lipinski definition) is 5. The first-order valence-electron chi connectivity index (χ1n) is 12.3. The molecule has 2 atom stereocenters. The molecule has 9 nitrogen and oxygen atoms in total. The van der Waals surface area contributed by atoms with Crippen LogP contribution < -0.4 is 0 Å². The van der Waals surface area contributed by atoms with Crippen LogP contribution >= 0.6 is 0 Å². The minimum absolute atomic E-state index is 0.0693. The summed E-state index contributed by atoms with van der Waals surface area (Å²) in [6, 6.07) is 11.8. The lowest BCUT2D eigenvalue weighted by molar-refractivity contribution is -0.0463. The van der Waals surface area contributed by atoms with Crippen LogP contribution in [0.15, 0.2) is 41.6 Å². The minimum Gasteiger partial charge on any atom is -0.453 e. The van der Waals surface area contributed by atoms with E-state index in [4.69, 9.17) is 15.0 Å². The monoisotopic (exact) mass is 495 g/mol. The van der Waals surface area contributed by atoms with E-state index in [1.54, 1.807) is 11.0 Å². The molecule has 3 rings (SSSR count). The van der Waals surface area contributed by atoms with E-state index in [-0.39, 0.29) is 11.2 Å². The molecule has 2 aromatic rings. The van der Waals surface area contributed by atoms with Crippen molar-refractivity contribution in [3.63, 3.8) is 0 Å². The highest BCUT2D eigenvalue weighted by Gasteiger charge is 2.51. The highest BCUT2D eigenvalue weighted by Crippen LogP contribution is 2.39. The molecule has 2 heterocycles. The van der Waals surface area contributed by atoms with Gasteiger partial charge in [0.25, 0.3) is 0 Å². The number of ketones is 1. The quantitative estimate of drug-likeness (QED) is 0.177. The van der Waals surface area contributed by atoms with E-state index in [0.717, 1.165) is 6.42 Å². The lowest BCUT2D eigenvalue weighted by atomic mass is 9.89. The molecule has 1 fully saturated rings. The number of benzene rings is 1. The number of carbonyl (C=O) groups excluding carboxylic acids is 2. The minimum atomic E-state index is -0.616. The van der Waals surface area contributed by atoms with Crippen molar-refractivity contribution in [3.05, 3.63) is 69.4 Å². The van der Waals surface area contributed by atoms with Crippen LogP contribution in [-0.4, -0.2) is 46.9 Å². The van der Waals surface area contributed by atoms with Gasteiger partial charge in [0.05, 0.1) is 19.3 Å². The van der Waals surface area contributed by atoms with Crippen molar-refractivity contribution in [1.29, 1.82) is 0 Å². The fraction of sp³-hybridized carbons (Fsp3) is 0.556. The van der Waals surface area contributed by atoms with E-state index < -0.39 is 17.9 Å². The summed E-state index contributed by atoms with van der Waals surface area (Å²) in [5, 5.41) is 3.80. The van der Waals surface area contributed by atoms with Crippen molar-refractivity contribution in [2.45, 2.75) is 78.5 Å². The highest BCUT2D eigenvalue weighted by atomic mass is 16.6. The van der Waals surface area contributed by atoms with Gasteiger partial charge in [-0.3, -0.25) is 9.69 Å². The smallest absolute Gasteiger partial charge is 0.412 e. The van der Waals surface area contributed by atoms with Crippen LogP contribution in [0.2, 0.25) is 0 Å². The SMILES string of the molecule is COC(=O)N1[C@@H](C(C)(C)C)OC[C@@]1(C)CCc1ccc(C(=O)CCCc2ccc(C)cc2)n1N=[N+]=[N-]. The van der Waals surface area contributed by atoms with Gasteiger partial charge in [-0.05, 0) is 56.0 Å². The molecular weight excluding hydrogens is 458 g/mol. The van der Waals surface area contributed by atoms with Crippen LogP contribution in [0.5, 0.6) is 0 Å². The average molecular weight is 496 g/mol. The summed E-state index contributed by atoms with van der Waals surface area (Å²) in [6.07, 6.45) is 2.02. The molecule has 0 unspecified atom stereocenters. The number of aromatic nitrogens is 1. The lowest BCUT2D eigenvalue weighted by Gasteiger charge is -2.39. The zero-order valence-corrected chi connectivity index (χ0v) is 22.2. The lowest BCUT2D eigenvalue weighted by Crippen LogP contribution is -2.53. The first-order valence-corrected chi connectivity index (χ1v) is 12.3. The van der Waals surface area contributed by atoms with Crippen molar-refractivity contribution in [2.24, 2.45) is 10.6 Å². The predicted octanol–water partition coefficient (Wildman–Crippen LogP) is 6.24. The maximum atomic E-state index is 13.0. The third-order valence-corrected chi connectivity index (χ3v) is 6.74. The molecule has 0 spiro atoms. The summed E-state index contributed by atoms with van der Waals surface area (Å²) in [5.41, 5.74) is 11.7. The van der Waals surface area contributed by atoms with Crippen LogP contribution in [0.3, 0.4) is 0 Å². The predicted molar refractivity (Wildman–Crippen MR) is 138 cm³/mol. The van der Waals surface area contributed by atoms with E-state index in [2.05, 4.69) is 34.4 Å². The van der Waals surface area contributed by atoms with E-state index >= 15 is 0 Å². The van der Waals surface area contributed by atoms with Gasteiger partial charge in [0.15, 0.2) is 5.69 Å². The second kappa shape index (κ2) is 11.2. The number of azide groups is 1. The molecule has 1 aliphatic heterocycles. The Bertz CT molecular complexity index is 1130. The third kappa shape index (κ3) is 6.09. The maximum absolute atomic E-state index is 13.0. The number of rotatable bonds is 9. The van der Waals surface area contributed by atoms with Gasteiger partial charge in [-0.2, -0.15) is 9.59 Å². The highest BCUT2D eigenvalue weighted by molar-refractivity contribution is 5.94. The molecule has 1 aromatic heterocycles. The normalized spacial score (nSPS) is 19.7. The largest absolute Gasteiger partial charge is 0.453 e. The zero-order chi connectivity index (χ0) is 26.5. The Morgan fingerprint density at radius 1 is 1.19 bits per heavy atom. The molecule has 0 aliphatic carbocycles. The second-order valence-corrected chi connectivity index (χ2v) is 10.8. The molecule has 0 radical (unpaired) electrons. The van der Waals surface area contributed by atoms with E-state index in [1.165, 1.54) is 22.9 Å². The summed E-state index contributed by atoms with van der Waals surface area (Å²) in [7, 11) is 1.37. The number of amides is 1. The molecule has 9 heteroatoms. The zero-order valence-electron chi connectivity index (χ0n) is 22.2. The van der Waals surface area contributed by atoms with E-state index in [1.807, 2.05) is 40.7 Å². The van der Waals surface area contributed by atoms with Gasteiger partial charge in [0.1, 0.15) is 11.9 Å². The summed E-state index contributed by atoms with van der Waals surface area (Å²) in [6.45, 7) is 10.4. The van der Waals surface area contributed by atoms with Gasteiger partial charge in [0.2, 0.25) is 5.78 Å². The fourth-order valence-corrected chi connectivity index (χ4v) is 4.68. The molecule has 1 saturated heterocycles. The van der Waals surface area contributed by atoms with Crippen molar-refractivity contribution in [1.82, 2.24) is 9.58 Å². The third-order valence-electron chi connectivity index (χ3n) is 6.74. The molecular formula is C27H37N5O4. The summed E-state index contributed by atoms with van der Waals surface area (Å²) in [4.78, 5) is 30.3. The molecule has 36 heavy (non-hydrogen) atoms. The van der Waals surface area contributed by atoms with Crippen molar-refractivity contribution in [3.8, 4) is 0 Å². The molecule has 0 N–H and O–H groups in total. The molecule has 1 aromatic carbocycles. The summed E-state index contributed by atoms with van der Waals surface area (Å²) in [5.74, 6) is -0.0693. The summed E-state index contributed by atoms with van der Waals surface area (Å²) < 4.78 is 12.5. The van der Waals surface area contributed by atoms with Crippen LogP contribution in [0.1, 0.15) is 74.3 Å². The summed E-state index contributed by atoms with van der Waals surface area (Å²) >= 11 is 0. The molecule has 1 aliphatic rings. The van der Waals surface area contributed by atoms with Gasteiger partial charge in [-0.1, -0.05) is 50.6 Å². The van der Waals surface area contributed by atoms with Crippen LogP contribution in [-0.2, 0) is 22.3 Å². The fourth-order valence-electron chi connectivity index (χ4n) is 4.68. The van der Waals surface area contributed by atoms with Crippen molar-refractivity contribution >= 4 is 11.9 Å². The Balaban J connectivity index is 1.71. The Morgan fingerprint density at radius 2 is 1.89 bits per heavy atom. The van der Waals surface area contributed by atoms with Gasteiger partial charge >= 0.3 is 6.09 Å². The number of nitrogens with zero attached hydrogens (tertiary/aromatic N) is 5. The van der Waals surface area contributed by atoms with Gasteiger partial charge in [-0.15, -0.1) is 5.53 Å². The topological polar surface area (TPSA) is 110 Å². The number of Topliss-reactive ketones (excluding diaryl/α,β-unsaturated/α-hetero) is 1. The Morgan fingerprint density at radius 3 is 2.50 bits per heavy atom. The number of aryl methyl sites for hydroxylation is 3.